The zero-order valence-electron chi connectivity index (χ0n) is 11.1. The molecule has 3 rings (SSSR count). The molecule has 2 N–H and O–H groups in total. The van der Waals surface area contributed by atoms with Crippen molar-refractivity contribution in [2.75, 3.05) is 0 Å². The predicted octanol–water partition coefficient (Wildman–Crippen LogP) is 1.55. The summed E-state index contributed by atoms with van der Waals surface area (Å²) in [5.41, 5.74) is 8.39. The lowest BCUT2D eigenvalue weighted by molar-refractivity contribution is 0.617. The van der Waals surface area contributed by atoms with Crippen LogP contribution in [0.5, 0.6) is 0 Å². The number of hydrogen-bond donors (Lipinski definition) is 1. The van der Waals surface area contributed by atoms with E-state index in [4.69, 9.17) is 5.73 Å². The largest absolute Gasteiger partial charge is 0.337 e. The van der Waals surface area contributed by atoms with Crippen molar-refractivity contribution < 1.29 is 0 Å². The van der Waals surface area contributed by atoms with Crippen LogP contribution in [0.25, 0.3) is 10.9 Å². The number of benzene rings is 1. The van der Waals surface area contributed by atoms with Gasteiger partial charge in [0.05, 0.1) is 17.3 Å². The van der Waals surface area contributed by atoms with Crippen LogP contribution in [0.2, 0.25) is 0 Å². The van der Waals surface area contributed by atoms with Gasteiger partial charge in [-0.25, -0.2) is 4.98 Å². The Labute approximate surface area is 111 Å². The Bertz CT molecular complexity index is 710. The Hall–Kier alpha value is -2.14. The fraction of sp³-hybridized carbons (Fsp3) is 0.286. The van der Waals surface area contributed by atoms with Crippen LogP contribution in [0.3, 0.4) is 0 Å². The Morgan fingerprint density at radius 2 is 2.05 bits per heavy atom. The molecule has 0 aliphatic heterocycles. The lowest BCUT2D eigenvalue weighted by Gasteiger charge is -2.10. The van der Waals surface area contributed by atoms with Gasteiger partial charge in [-0.2, -0.15) is 5.10 Å². The fourth-order valence-corrected chi connectivity index (χ4v) is 2.47. The maximum Gasteiger partial charge on any atom is 0.125 e. The lowest BCUT2D eigenvalue weighted by Crippen LogP contribution is -2.18. The van der Waals surface area contributed by atoms with Gasteiger partial charge in [-0.1, -0.05) is 18.2 Å². The number of nitrogens with zero attached hydrogens (tertiary/aromatic N) is 4. The third kappa shape index (κ3) is 2.02. The SMILES string of the molecule is Cn1ccnc1C(N)Cc1nn(C)c2ccccc12. The van der Waals surface area contributed by atoms with Crippen molar-refractivity contribution in [3.8, 4) is 0 Å². The molecule has 3 aromatic rings. The summed E-state index contributed by atoms with van der Waals surface area (Å²) in [7, 11) is 3.91. The molecule has 1 unspecified atom stereocenters. The molecule has 1 aromatic carbocycles. The Balaban J connectivity index is 1.96. The van der Waals surface area contributed by atoms with Crippen molar-refractivity contribution in [2.45, 2.75) is 12.5 Å². The average molecular weight is 255 g/mol. The minimum Gasteiger partial charge on any atom is -0.337 e. The van der Waals surface area contributed by atoms with E-state index in [0.29, 0.717) is 6.42 Å². The topological polar surface area (TPSA) is 61.7 Å². The van der Waals surface area contributed by atoms with E-state index in [1.165, 1.54) is 0 Å². The molecule has 0 radical (unpaired) electrons. The summed E-state index contributed by atoms with van der Waals surface area (Å²) in [4.78, 5) is 4.30. The van der Waals surface area contributed by atoms with E-state index >= 15 is 0 Å². The van der Waals surface area contributed by atoms with Gasteiger partial charge in [0.1, 0.15) is 5.82 Å². The van der Waals surface area contributed by atoms with Gasteiger partial charge >= 0.3 is 0 Å². The Morgan fingerprint density at radius 3 is 2.79 bits per heavy atom. The summed E-state index contributed by atoms with van der Waals surface area (Å²) in [5, 5.41) is 5.73. The van der Waals surface area contributed by atoms with Gasteiger partial charge in [0.25, 0.3) is 0 Å². The first-order valence-electron chi connectivity index (χ1n) is 6.30. The molecule has 98 valence electrons. The first-order valence-corrected chi connectivity index (χ1v) is 6.30. The van der Waals surface area contributed by atoms with Gasteiger partial charge in [-0.3, -0.25) is 4.68 Å². The third-order valence-corrected chi connectivity index (χ3v) is 3.44. The maximum absolute atomic E-state index is 6.24. The molecule has 0 aliphatic rings. The van der Waals surface area contributed by atoms with Crippen molar-refractivity contribution >= 4 is 10.9 Å². The highest BCUT2D eigenvalue weighted by Crippen LogP contribution is 2.21. The Kier molecular flexibility index (Phi) is 2.83. The smallest absolute Gasteiger partial charge is 0.125 e. The van der Waals surface area contributed by atoms with E-state index in [-0.39, 0.29) is 6.04 Å². The van der Waals surface area contributed by atoms with Crippen LogP contribution in [0, 0.1) is 0 Å². The number of rotatable bonds is 3. The molecular formula is C14H17N5. The molecule has 0 amide bonds. The van der Waals surface area contributed by atoms with Crippen molar-refractivity contribution in [2.24, 2.45) is 19.8 Å². The highest BCUT2D eigenvalue weighted by atomic mass is 15.3. The molecule has 0 saturated carbocycles. The summed E-state index contributed by atoms with van der Waals surface area (Å²) in [6.45, 7) is 0. The van der Waals surface area contributed by atoms with Crippen LogP contribution in [0.1, 0.15) is 17.6 Å². The number of para-hydroxylation sites is 1. The summed E-state index contributed by atoms with van der Waals surface area (Å²) in [6, 6.07) is 8.06. The predicted molar refractivity (Wildman–Crippen MR) is 74.6 cm³/mol. The molecule has 5 nitrogen and oxygen atoms in total. The van der Waals surface area contributed by atoms with E-state index in [0.717, 1.165) is 22.4 Å². The van der Waals surface area contributed by atoms with Crippen LogP contribution in [0.15, 0.2) is 36.7 Å². The molecular weight excluding hydrogens is 238 g/mol. The number of hydrogen-bond acceptors (Lipinski definition) is 3. The summed E-state index contributed by atoms with van der Waals surface area (Å²) >= 11 is 0. The van der Waals surface area contributed by atoms with Crippen LogP contribution in [-0.4, -0.2) is 19.3 Å². The van der Waals surface area contributed by atoms with E-state index in [2.05, 4.69) is 22.2 Å². The standard InChI is InChI=1S/C14H17N5/c1-18-8-7-16-14(18)11(15)9-12-10-5-3-4-6-13(10)19(2)17-12/h3-8,11H,9,15H2,1-2H3. The van der Waals surface area contributed by atoms with Gasteiger partial charge in [0, 0.05) is 38.3 Å². The van der Waals surface area contributed by atoms with E-state index < -0.39 is 0 Å². The number of aryl methyl sites for hydroxylation is 2. The molecule has 0 bridgehead atoms. The molecule has 0 aliphatic carbocycles. The molecule has 0 spiro atoms. The van der Waals surface area contributed by atoms with Crippen LogP contribution >= 0.6 is 0 Å². The minimum atomic E-state index is -0.140. The molecule has 0 saturated heterocycles. The second-order valence-electron chi connectivity index (χ2n) is 4.79. The van der Waals surface area contributed by atoms with Crippen LogP contribution < -0.4 is 5.73 Å². The number of aromatic nitrogens is 4. The monoisotopic (exact) mass is 255 g/mol. The lowest BCUT2D eigenvalue weighted by atomic mass is 10.1. The number of fused-ring (bicyclic) bond motifs is 1. The quantitative estimate of drug-likeness (QED) is 0.772. The van der Waals surface area contributed by atoms with Gasteiger partial charge in [-0.05, 0) is 6.07 Å². The highest BCUT2D eigenvalue weighted by molar-refractivity contribution is 5.81. The molecule has 19 heavy (non-hydrogen) atoms. The van der Waals surface area contributed by atoms with E-state index in [1.54, 1.807) is 6.20 Å². The van der Waals surface area contributed by atoms with Crippen molar-refractivity contribution in [3.05, 3.63) is 48.2 Å². The summed E-state index contributed by atoms with van der Waals surface area (Å²) in [6.07, 6.45) is 4.36. The molecule has 1 atom stereocenters. The third-order valence-electron chi connectivity index (χ3n) is 3.44. The van der Waals surface area contributed by atoms with Gasteiger partial charge in [0.15, 0.2) is 0 Å². The zero-order chi connectivity index (χ0) is 13.4. The summed E-state index contributed by atoms with van der Waals surface area (Å²) in [5.74, 6) is 0.884. The first-order chi connectivity index (χ1) is 9.16. The van der Waals surface area contributed by atoms with Gasteiger partial charge in [-0.15, -0.1) is 0 Å². The molecule has 0 fully saturated rings. The van der Waals surface area contributed by atoms with Crippen molar-refractivity contribution in [3.63, 3.8) is 0 Å². The first kappa shape index (κ1) is 11.9. The minimum absolute atomic E-state index is 0.140. The van der Waals surface area contributed by atoms with E-state index in [9.17, 15) is 0 Å². The molecule has 2 aromatic heterocycles. The van der Waals surface area contributed by atoms with Crippen molar-refractivity contribution in [1.29, 1.82) is 0 Å². The Morgan fingerprint density at radius 1 is 1.26 bits per heavy atom. The average Bonchev–Trinajstić information content (AvgIpc) is 2.95. The molecule has 5 heteroatoms. The van der Waals surface area contributed by atoms with E-state index in [1.807, 2.05) is 41.7 Å². The second kappa shape index (κ2) is 4.51. The highest BCUT2D eigenvalue weighted by Gasteiger charge is 2.16. The summed E-state index contributed by atoms with van der Waals surface area (Å²) < 4.78 is 3.85. The van der Waals surface area contributed by atoms with Gasteiger partial charge in [0.2, 0.25) is 0 Å². The zero-order valence-corrected chi connectivity index (χ0v) is 11.1. The van der Waals surface area contributed by atoms with Gasteiger partial charge < -0.3 is 10.3 Å². The van der Waals surface area contributed by atoms with Crippen LogP contribution in [0.4, 0.5) is 0 Å². The number of imidazole rings is 1. The molecule has 2 heterocycles. The normalized spacial score (nSPS) is 13.0. The second-order valence-corrected chi connectivity index (χ2v) is 4.79. The van der Waals surface area contributed by atoms with Crippen LogP contribution in [-0.2, 0) is 20.5 Å². The number of nitrogens with two attached hydrogens (primary N) is 1. The maximum atomic E-state index is 6.24. The fourth-order valence-electron chi connectivity index (χ4n) is 2.47. The van der Waals surface area contributed by atoms with Crippen molar-refractivity contribution in [1.82, 2.24) is 19.3 Å².